The highest BCUT2D eigenvalue weighted by Gasteiger charge is 2.30. The highest BCUT2D eigenvalue weighted by molar-refractivity contribution is 7.09. The molecule has 7 heteroatoms. The second kappa shape index (κ2) is 7.44. The highest BCUT2D eigenvalue weighted by atomic mass is 32.1. The van der Waals surface area contributed by atoms with E-state index in [-0.39, 0.29) is 18.5 Å². The van der Waals surface area contributed by atoms with Gasteiger partial charge in [-0.3, -0.25) is 9.69 Å². The number of aryl methyl sites for hydroxylation is 1. The van der Waals surface area contributed by atoms with Crippen molar-refractivity contribution in [1.29, 1.82) is 0 Å². The van der Waals surface area contributed by atoms with E-state index in [1.54, 1.807) is 21.1 Å². The second-order valence-electron chi connectivity index (χ2n) is 5.65. The second-order valence-corrected chi connectivity index (χ2v) is 6.71. The van der Waals surface area contributed by atoms with Crippen molar-refractivity contribution >= 4 is 29.0 Å². The number of hydrogen-bond donors (Lipinski definition) is 1. The van der Waals surface area contributed by atoms with Crippen LogP contribution in [0.3, 0.4) is 0 Å². The van der Waals surface area contributed by atoms with Gasteiger partial charge in [-0.25, -0.2) is 9.78 Å². The summed E-state index contributed by atoms with van der Waals surface area (Å²) in [4.78, 5) is 32.1. The molecule has 0 aliphatic carbocycles. The Morgan fingerprint density at radius 2 is 2.08 bits per heavy atom. The Bertz CT molecular complexity index is 716. The molecule has 2 aromatic rings. The van der Waals surface area contributed by atoms with Gasteiger partial charge in [0.2, 0.25) is 5.91 Å². The van der Waals surface area contributed by atoms with Gasteiger partial charge in [0.25, 0.3) is 0 Å². The number of anilines is 1. The number of carbonyl (C=O) groups excluding carboxylic acids is 2. The summed E-state index contributed by atoms with van der Waals surface area (Å²) in [7, 11) is 0. The van der Waals surface area contributed by atoms with Gasteiger partial charge in [0.1, 0.15) is 6.54 Å². The number of aromatic nitrogens is 1. The maximum absolute atomic E-state index is 12.4. The van der Waals surface area contributed by atoms with Crippen LogP contribution < -0.4 is 10.2 Å². The summed E-state index contributed by atoms with van der Waals surface area (Å²) in [5, 5.41) is 5.89. The standard InChI is InChI=1S/C17H20N4O2S/c1-13-19-14(12-24-13)7-8-18-16(22)11-20-9-10-21(17(20)23)15-5-3-2-4-6-15/h2-6,12H,7-11H2,1H3,(H,18,22). The molecule has 1 aliphatic heterocycles. The molecule has 0 bridgehead atoms. The molecule has 1 aromatic carbocycles. The monoisotopic (exact) mass is 344 g/mol. The molecule has 3 amide bonds. The van der Waals surface area contributed by atoms with E-state index >= 15 is 0 Å². The van der Waals surface area contributed by atoms with E-state index in [0.29, 0.717) is 26.1 Å². The Balaban J connectivity index is 1.46. The van der Waals surface area contributed by atoms with E-state index in [2.05, 4.69) is 10.3 Å². The van der Waals surface area contributed by atoms with E-state index < -0.39 is 0 Å². The van der Waals surface area contributed by atoms with Crippen LogP contribution in [0.25, 0.3) is 0 Å². The molecule has 1 saturated heterocycles. The van der Waals surface area contributed by atoms with E-state index in [4.69, 9.17) is 0 Å². The number of benzene rings is 1. The molecule has 0 spiro atoms. The van der Waals surface area contributed by atoms with Gasteiger partial charge < -0.3 is 10.2 Å². The molecule has 0 unspecified atom stereocenters. The fourth-order valence-corrected chi connectivity index (χ4v) is 3.31. The largest absolute Gasteiger partial charge is 0.354 e. The number of hydrogen-bond acceptors (Lipinski definition) is 4. The summed E-state index contributed by atoms with van der Waals surface area (Å²) in [5.41, 5.74) is 1.86. The molecule has 1 fully saturated rings. The van der Waals surface area contributed by atoms with Gasteiger partial charge in [0.15, 0.2) is 0 Å². The molecule has 0 radical (unpaired) electrons. The molecule has 3 rings (SSSR count). The highest BCUT2D eigenvalue weighted by Crippen LogP contribution is 2.19. The first-order valence-corrected chi connectivity index (χ1v) is 8.80. The average Bonchev–Trinajstić information content (AvgIpc) is 3.15. The lowest BCUT2D eigenvalue weighted by Gasteiger charge is -2.18. The summed E-state index contributed by atoms with van der Waals surface area (Å²) >= 11 is 1.61. The first-order valence-electron chi connectivity index (χ1n) is 7.92. The smallest absolute Gasteiger partial charge is 0.325 e. The maximum Gasteiger partial charge on any atom is 0.325 e. The Kier molecular flexibility index (Phi) is 5.10. The van der Waals surface area contributed by atoms with Gasteiger partial charge in [-0.05, 0) is 19.1 Å². The first-order chi connectivity index (χ1) is 11.6. The summed E-state index contributed by atoms with van der Waals surface area (Å²) in [6.45, 7) is 3.76. The molecule has 6 nitrogen and oxygen atoms in total. The molecular weight excluding hydrogens is 324 g/mol. The van der Waals surface area contributed by atoms with Gasteiger partial charge >= 0.3 is 6.03 Å². The van der Waals surface area contributed by atoms with Gasteiger partial charge in [-0.2, -0.15) is 0 Å². The van der Waals surface area contributed by atoms with Gasteiger partial charge in [-0.1, -0.05) is 18.2 Å². The van der Waals surface area contributed by atoms with Crippen molar-refractivity contribution < 1.29 is 9.59 Å². The van der Waals surface area contributed by atoms with Crippen molar-refractivity contribution in [3.63, 3.8) is 0 Å². The molecule has 0 saturated carbocycles. The number of thiazole rings is 1. The predicted octanol–water partition coefficient (Wildman–Crippen LogP) is 2.05. The van der Waals surface area contributed by atoms with Crippen LogP contribution in [0.5, 0.6) is 0 Å². The Hall–Kier alpha value is -2.41. The minimum atomic E-state index is -0.134. The number of nitrogens with one attached hydrogen (secondary N) is 1. The van der Waals surface area contributed by atoms with E-state index in [0.717, 1.165) is 16.4 Å². The summed E-state index contributed by atoms with van der Waals surface area (Å²) < 4.78 is 0. The van der Waals surface area contributed by atoms with Crippen molar-refractivity contribution in [2.75, 3.05) is 31.1 Å². The minimum Gasteiger partial charge on any atom is -0.354 e. The average molecular weight is 344 g/mol. The number of urea groups is 1. The lowest BCUT2D eigenvalue weighted by Crippen LogP contribution is -2.40. The third-order valence-electron chi connectivity index (χ3n) is 3.87. The van der Waals surface area contributed by atoms with Gasteiger partial charge in [0.05, 0.1) is 10.7 Å². The van der Waals surface area contributed by atoms with Crippen LogP contribution in [-0.4, -0.2) is 48.0 Å². The van der Waals surface area contributed by atoms with Crippen LogP contribution in [0.2, 0.25) is 0 Å². The number of rotatable bonds is 6. The molecule has 126 valence electrons. The van der Waals surface area contributed by atoms with Crippen LogP contribution in [-0.2, 0) is 11.2 Å². The zero-order valence-corrected chi connectivity index (χ0v) is 14.4. The minimum absolute atomic E-state index is 0.0955. The van der Waals surface area contributed by atoms with Crippen molar-refractivity contribution in [2.24, 2.45) is 0 Å². The van der Waals surface area contributed by atoms with Crippen molar-refractivity contribution in [3.05, 3.63) is 46.4 Å². The predicted molar refractivity (Wildman–Crippen MR) is 94.3 cm³/mol. The van der Waals surface area contributed by atoms with E-state index in [1.807, 2.05) is 42.6 Å². The molecule has 1 aliphatic rings. The lowest BCUT2D eigenvalue weighted by atomic mass is 10.3. The molecular formula is C17H20N4O2S. The third-order valence-corrected chi connectivity index (χ3v) is 4.69. The van der Waals surface area contributed by atoms with Gasteiger partial charge in [0, 0.05) is 37.1 Å². The molecule has 1 aromatic heterocycles. The number of para-hydroxylation sites is 1. The quantitative estimate of drug-likeness (QED) is 0.872. The molecule has 1 N–H and O–H groups in total. The molecule has 0 atom stereocenters. The van der Waals surface area contributed by atoms with Crippen molar-refractivity contribution in [2.45, 2.75) is 13.3 Å². The summed E-state index contributed by atoms with van der Waals surface area (Å²) in [6, 6.07) is 9.40. The Morgan fingerprint density at radius 1 is 1.29 bits per heavy atom. The molecule has 24 heavy (non-hydrogen) atoms. The fourth-order valence-electron chi connectivity index (χ4n) is 2.66. The van der Waals surface area contributed by atoms with E-state index in [1.165, 1.54) is 0 Å². The Morgan fingerprint density at radius 3 is 2.79 bits per heavy atom. The van der Waals surface area contributed by atoms with Crippen molar-refractivity contribution in [1.82, 2.24) is 15.2 Å². The number of amides is 3. The van der Waals surface area contributed by atoms with Gasteiger partial charge in [-0.15, -0.1) is 11.3 Å². The van der Waals surface area contributed by atoms with Crippen LogP contribution in [0.4, 0.5) is 10.5 Å². The lowest BCUT2D eigenvalue weighted by molar-refractivity contribution is -0.121. The number of nitrogens with zero attached hydrogens (tertiary/aromatic N) is 3. The summed E-state index contributed by atoms with van der Waals surface area (Å²) in [6.07, 6.45) is 0.708. The maximum atomic E-state index is 12.4. The van der Waals surface area contributed by atoms with Crippen LogP contribution in [0, 0.1) is 6.92 Å². The van der Waals surface area contributed by atoms with E-state index in [9.17, 15) is 9.59 Å². The number of carbonyl (C=O) groups is 2. The Labute approximate surface area is 145 Å². The zero-order valence-electron chi connectivity index (χ0n) is 13.6. The summed E-state index contributed by atoms with van der Waals surface area (Å²) in [5.74, 6) is -0.134. The van der Waals surface area contributed by atoms with Crippen LogP contribution >= 0.6 is 11.3 Å². The first kappa shape index (κ1) is 16.4. The normalized spacial score (nSPS) is 14.3. The molecule has 2 heterocycles. The SMILES string of the molecule is Cc1nc(CCNC(=O)CN2CCN(c3ccccc3)C2=O)cs1. The fraction of sp³-hybridized carbons (Fsp3) is 0.353. The van der Waals surface area contributed by atoms with Crippen molar-refractivity contribution in [3.8, 4) is 0 Å². The topological polar surface area (TPSA) is 65.5 Å². The van der Waals surface area contributed by atoms with Crippen LogP contribution in [0.1, 0.15) is 10.7 Å². The van der Waals surface area contributed by atoms with Crippen LogP contribution in [0.15, 0.2) is 35.7 Å². The third kappa shape index (κ3) is 3.91. The zero-order chi connectivity index (χ0) is 16.9.